The smallest absolute Gasteiger partial charge is 0.260 e. The SMILES string of the molecule is COc1cc2nc3c(cc2c(OC)c1OC)CN(C(=O)c1c(-c2ccccc2)noc1C)CCCCN(S(=O)(=O)c1ccc(C)cc1)CC(=O)NCC1CCCN3C1. The van der Waals surface area contributed by atoms with E-state index in [0.717, 1.165) is 29.5 Å². The van der Waals surface area contributed by atoms with E-state index in [-0.39, 0.29) is 48.8 Å². The van der Waals surface area contributed by atoms with Crippen molar-refractivity contribution in [3.8, 4) is 28.5 Å². The predicted octanol–water partition coefficient (Wildman–Crippen LogP) is 5.99. The second-order valence-corrected chi connectivity index (χ2v) is 16.8. The number of aromatic nitrogens is 2. The van der Waals surface area contributed by atoms with Crippen LogP contribution in [0.15, 0.2) is 76.1 Å². The zero-order valence-electron chi connectivity index (χ0n) is 33.6. The summed E-state index contributed by atoms with van der Waals surface area (Å²) in [6, 6.07) is 19.9. The number of benzene rings is 3. The van der Waals surface area contributed by atoms with Crippen molar-refractivity contribution in [2.24, 2.45) is 5.92 Å². The van der Waals surface area contributed by atoms with E-state index in [1.165, 1.54) is 4.31 Å². The predicted molar refractivity (Wildman–Crippen MR) is 220 cm³/mol. The first-order valence-electron chi connectivity index (χ1n) is 19.5. The Morgan fingerprint density at radius 3 is 2.34 bits per heavy atom. The molecule has 1 saturated heterocycles. The van der Waals surface area contributed by atoms with E-state index < -0.39 is 10.0 Å². The Morgan fingerprint density at radius 1 is 0.879 bits per heavy atom. The molecule has 2 amide bonds. The number of amides is 2. The zero-order valence-corrected chi connectivity index (χ0v) is 34.4. The van der Waals surface area contributed by atoms with Crippen LogP contribution in [0.3, 0.4) is 0 Å². The molecule has 0 saturated carbocycles. The lowest BCUT2D eigenvalue weighted by Crippen LogP contribution is -2.45. The third kappa shape index (κ3) is 8.32. The first-order valence-corrected chi connectivity index (χ1v) is 21.0. The summed E-state index contributed by atoms with van der Waals surface area (Å²) in [5, 5.41) is 8.03. The molecule has 1 fully saturated rings. The Morgan fingerprint density at radius 2 is 1.62 bits per heavy atom. The highest BCUT2D eigenvalue weighted by atomic mass is 32.2. The van der Waals surface area contributed by atoms with Gasteiger partial charge in [0.2, 0.25) is 21.7 Å². The van der Waals surface area contributed by atoms with Crippen LogP contribution in [-0.4, -0.2) is 100 Å². The van der Waals surface area contributed by atoms with E-state index in [2.05, 4.69) is 15.4 Å². The van der Waals surface area contributed by atoms with Gasteiger partial charge >= 0.3 is 0 Å². The summed E-state index contributed by atoms with van der Waals surface area (Å²) in [4.78, 5) is 37.8. The van der Waals surface area contributed by atoms with Crippen molar-refractivity contribution < 1.29 is 36.7 Å². The molecule has 2 aromatic heterocycles. The van der Waals surface area contributed by atoms with Crippen molar-refractivity contribution in [3.05, 3.63) is 89.2 Å². The van der Waals surface area contributed by atoms with Crippen molar-refractivity contribution in [1.29, 1.82) is 0 Å². The molecule has 4 heterocycles. The van der Waals surface area contributed by atoms with E-state index in [0.29, 0.717) is 83.5 Å². The van der Waals surface area contributed by atoms with Crippen LogP contribution in [0, 0.1) is 19.8 Å². The standard InChI is InChI=1S/C43H50N6O8S/c1-28-15-17-33(18-16-28)58(52,53)49-21-10-9-19-48(43(51)38-29(2)57-46-39(38)31-13-7-6-8-14-31)26-32-22-34-35(23-36(54-3)41(56-5)40(34)55-4)45-42(32)47-20-11-12-30(25-47)24-44-37(50)27-49/h6-8,13-18,22-23,30H,9-12,19-21,24-27H2,1-5H3,(H,44,50). The van der Waals surface area contributed by atoms with Gasteiger partial charge in [0.15, 0.2) is 11.5 Å². The van der Waals surface area contributed by atoms with Crippen LogP contribution in [-0.2, 0) is 21.4 Å². The summed E-state index contributed by atoms with van der Waals surface area (Å²) >= 11 is 0. The second-order valence-electron chi connectivity index (χ2n) is 14.9. The number of fused-ring (bicyclic) bond motifs is 5. The number of ether oxygens (including phenoxy) is 3. The van der Waals surface area contributed by atoms with Gasteiger partial charge in [-0.25, -0.2) is 13.4 Å². The van der Waals surface area contributed by atoms with Crippen molar-refractivity contribution in [3.63, 3.8) is 0 Å². The van der Waals surface area contributed by atoms with Crippen molar-refractivity contribution in [2.45, 2.75) is 51.0 Å². The normalized spacial score (nSPS) is 17.4. The number of sulfonamides is 1. The van der Waals surface area contributed by atoms with Crippen LogP contribution in [0.4, 0.5) is 5.82 Å². The Hall–Kier alpha value is -5.67. The largest absolute Gasteiger partial charge is 0.493 e. The molecule has 0 aliphatic carbocycles. The minimum atomic E-state index is -4.01. The zero-order chi connectivity index (χ0) is 41.0. The van der Waals surface area contributed by atoms with Gasteiger partial charge in [-0.2, -0.15) is 4.31 Å². The van der Waals surface area contributed by atoms with E-state index in [9.17, 15) is 18.0 Å². The maximum atomic E-state index is 15.0. The van der Waals surface area contributed by atoms with E-state index in [1.807, 2.05) is 49.4 Å². The average Bonchev–Trinajstić information content (AvgIpc) is 3.63. The molecule has 1 atom stereocenters. The van der Waals surface area contributed by atoms with Gasteiger partial charge in [0.25, 0.3) is 5.91 Å². The van der Waals surface area contributed by atoms with Gasteiger partial charge in [0.1, 0.15) is 22.8 Å². The number of hydrogen-bond acceptors (Lipinski definition) is 11. The molecule has 15 heteroatoms. The van der Waals surface area contributed by atoms with E-state index in [1.54, 1.807) is 57.4 Å². The molecule has 306 valence electrons. The number of pyridine rings is 1. The maximum absolute atomic E-state index is 15.0. The number of aryl methyl sites for hydroxylation is 2. The molecular weight excluding hydrogens is 761 g/mol. The molecular formula is C43H50N6O8S. The number of rotatable bonds is 7. The molecule has 2 aliphatic heterocycles. The molecule has 1 unspecified atom stereocenters. The third-order valence-electron chi connectivity index (χ3n) is 10.9. The average molecular weight is 811 g/mol. The molecule has 3 aromatic carbocycles. The number of piperidine rings is 1. The molecule has 1 N–H and O–H groups in total. The molecule has 58 heavy (non-hydrogen) atoms. The van der Waals surface area contributed by atoms with Crippen LogP contribution in [0.1, 0.15) is 52.9 Å². The quantitative estimate of drug-likeness (QED) is 0.206. The van der Waals surface area contributed by atoms with Gasteiger partial charge in [-0.1, -0.05) is 53.2 Å². The summed E-state index contributed by atoms with van der Waals surface area (Å²) in [6.45, 7) is 5.45. The minimum Gasteiger partial charge on any atom is -0.493 e. The topological polar surface area (TPSA) is 157 Å². The fourth-order valence-corrected chi connectivity index (χ4v) is 9.31. The minimum absolute atomic E-state index is 0.0591. The Kier molecular flexibility index (Phi) is 12.2. The van der Waals surface area contributed by atoms with Gasteiger partial charge in [0, 0.05) is 61.8 Å². The third-order valence-corrected chi connectivity index (χ3v) is 12.8. The van der Waals surface area contributed by atoms with Gasteiger partial charge in [-0.15, -0.1) is 0 Å². The number of methoxy groups -OCH3 is 3. The number of carbonyl (C=O) groups is 2. The van der Waals surface area contributed by atoms with Gasteiger partial charge in [-0.05, 0) is 63.6 Å². The number of nitrogens with one attached hydrogen (secondary N) is 1. The van der Waals surface area contributed by atoms with E-state index in [4.69, 9.17) is 23.7 Å². The van der Waals surface area contributed by atoms with E-state index >= 15 is 0 Å². The van der Waals surface area contributed by atoms with Crippen LogP contribution >= 0.6 is 0 Å². The van der Waals surface area contributed by atoms with Crippen molar-refractivity contribution in [1.82, 2.24) is 24.7 Å². The van der Waals surface area contributed by atoms with Crippen LogP contribution in [0.2, 0.25) is 0 Å². The van der Waals surface area contributed by atoms with Crippen LogP contribution < -0.4 is 24.4 Å². The first-order chi connectivity index (χ1) is 28.0. The number of nitrogens with zero attached hydrogens (tertiary/aromatic N) is 5. The summed E-state index contributed by atoms with van der Waals surface area (Å²) < 4.78 is 52.2. The summed E-state index contributed by atoms with van der Waals surface area (Å²) in [5.74, 6) is 1.84. The van der Waals surface area contributed by atoms with Gasteiger partial charge in [-0.3, -0.25) is 9.59 Å². The maximum Gasteiger partial charge on any atom is 0.260 e. The molecule has 14 nitrogen and oxygen atoms in total. The molecule has 0 radical (unpaired) electrons. The molecule has 7 rings (SSSR count). The monoisotopic (exact) mass is 810 g/mol. The van der Waals surface area contributed by atoms with Gasteiger partial charge in [0.05, 0.1) is 38.3 Å². The molecule has 5 aromatic rings. The lowest BCUT2D eigenvalue weighted by Gasteiger charge is -2.36. The lowest BCUT2D eigenvalue weighted by atomic mass is 9.97. The molecule has 0 spiro atoms. The molecule has 2 aliphatic rings. The van der Waals surface area contributed by atoms with Crippen molar-refractivity contribution in [2.75, 3.05) is 65.5 Å². The highest BCUT2D eigenvalue weighted by Gasteiger charge is 2.32. The van der Waals surface area contributed by atoms with Gasteiger partial charge < -0.3 is 33.9 Å². The summed E-state index contributed by atoms with van der Waals surface area (Å²) in [7, 11) is 0.672. The fraction of sp³-hybridized carbons (Fsp3) is 0.395. The number of hydrogen-bond donors (Lipinski definition) is 1. The first kappa shape index (κ1) is 40.5. The fourth-order valence-electron chi connectivity index (χ4n) is 7.88. The van der Waals surface area contributed by atoms with Crippen LogP contribution in [0.5, 0.6) is 17.2 Å². The van der Waals surface area contributed by atoms with Crippen LogP contribution in [0.25, 0.3) is 22.2 Å². The highest BCUT2D eigenvalue weighted by Crippen LogP contribution is 2.44. The Labute approximate surface area is 339 Å². The highest BCUT2D eigenvalue weighted by molar-refractivity contribution is 7.89. The Balaban J connectivity index is 1.33. The summed E-state index contributed by atoms with van der Waals surface area (Å²) in [5.41, 5.74) is 3.86. The summed E-state index contributed by atoms with van der Waals surface area (Å²) in [6.07, 6.45) is 2.50. The Bertz CT molecular complexity index is 2390. The van der Waals surface area contributed by atoms with Crippen molar-refractivity contribution >= 4 is 38.6 Å². The lowest BCUT2D eigenvalue weighted by molar-refractivity contribution is -0.121. The number of anilines is 1. The number of carbonyl (C=O) groups excluding carboxylic acids is 2. The molecule has 2 bridgehead atoms. The second kappa shape index (κ2) is 17.4.